The van der Waals surface area contributed by atoms with Crippen LogP contribution in [0.25, 0.3) is 0 Å². The average molecular weight is 247 g/mol. The van der Waals surface area contributed by atoms with E-state index in [1.165, 1.54) is 6.92 Å². The summed E-state index contributed by atoms with van der Waals surface area (Å²) in [5.41, 5.74) is 1.97. The summed E-state index contributed by atoms with van der Waals surface area (Å²) in [6.45, 7) is 5.69. The Hall–Kier alpha value is -2.10. The number of amides is 1. The van der Waals surface area contributed by atoms with Crippen molar-refractivity contribution in [1.82, 2.24) is 5.32 Å². The van der Waals surface area contributed by atoms with Crippen LogP contribution in [0.2, 0.25) is 0 Å². The van der Waals surface area contributed by atoms with Crippen molar-refractivity contribution in [2.24, 2.45) is 0 Å². The minimum absolute atomic E-state index is 0.305. The van der Waals surface area contributed by atoms with Crippen molar-refractivity contribution >= 4 is 11.9 Å². The highest BCUT2D eigenvalue weighted by Gasteiger charge is 2.07. The molecule has 1 aromatic carbocycles. The normalized spacial score (nSPS) is 11.4. The molecule has 0 aliphatic carbocycles. The Balaban J connectivity index is 2.76. The largest absolute Gasteiger partial charge is 0.478 e. The molecule has 0 aromatic heterocycles. The first kappa shape index (κ1) is 14.0. The van der Waals surface area contributed by atoms with E-state index in [1.807, 2.05) is 12.1 Å². The van der Waals surface area contributed by atoms with Crippen LogP contribution in [-0.2, 0) is 4.79 Å². The van der Waals surface area contributed by atoms with Crippen LogP contribution >= 0.6 is 0 Å². The van der Waals surface area contributed by atoms with Crippen LogP contribution in [-0.4, -0.2) is 17.0 Å². The predicted molar refractivity (Wildman–Crippen MR) is 69.4 cm³/mol. The van der Waals surface area contributed by atoms with Crippen LogP contribution in [0.15, 0.2) is 36.0 Å². The number of nitrogens with one attached hydrogen (secondary N) is 1. The van der Waals surface area contributed by atoms with Crippen LogP contribution in [0.3, 0.4) is 0 Å². The van der Waals surface area contributed by atoms with Gasteiger partial charge in [-0.05, 0) is 30.5 Å². The number of carboxylic acid groups (broad SMARTS) is 1. The number of carbonyl (C=O) groups is 2. The number of aliphatic carboxylic acids is 1. The van der Waals surface area contributed by atoms with E-state index in [9.17, 15) is 9.59 Å². The molecule has 1 amide bonds. The first-order valence-corrected chi connectivity index (χ1v) is 5.72. The number of benzene rings is 1. The van der Waals surface area contributed by atoms with Gasteiger partial charge in [-0.3, -0.25) is 4.79 Å². The maximum absolute atomic E-state index is 11.8. The maximum Gasteiger partial charge on any atom is 0.330 e. The van der Waals surface area contributed by atoms with E-state index < -0.39 is 5.97 Å². The molecular weight excluding hydrogens is 230 g/mol. The third-order valence-corrected chi connectivity index (χ3v) is 2.49. The quantitative estimate of drug-likeness (QED) is 0.803. The van der Waals surface area contributed by atoms with Gasteiger partial charge in [0.05, 0.1) is 0 Å². The molecule has 0 atom stereocenters. The van der Waals surface area contributed by atoms with Gasteiger partial charge < -0.3 is 10.4 Å². The van der Waals surface area contributed by atoms with E-state index in [-0.39, 0.29) is 5.91 Å². The fourth-order valence-corrected chi connectivity index (χ4v) is 1.49. The Morgan fingerprint density at radius 2 is 1.78 bits per heavy atom. The van der Waals surface area contributed by atoms with Gasteiger partial charge in [-0.2, -0.15) is 0 Å². The highest BCUT2D eigenvalue weighted by Crippen LogP contribution is 2.14. The summed E-state index contributed by atoms with van der Waals surface area (Å²) in [5.74, 6) is -0.973. The monoisotopic (exact) mass is 247 g/mol. The van der Waals surface area contributed by atoms with Crippen LogP contribution in [0.4, 0.5) is 0 Å². The van der Waals surface area contributed by atoms with Crippen LogP contribution in [0, 0.1) is 0 Å². The standard InChI is InChI=1S/C14H17NO3/c1-9(2)11-4-6-12(7-5-11)14(18)15-10(3)8-13(16)17/h4-9H,1-3H3,(H,15,18)(H,16,17)/b10-8+. The SMILES string of the molecule is C/C(=C\C(=O)O)NC(=O)c1ccc(C(C)C)cc1. The lowest BCUT2D eigenvalue weighted by Gasteiger charge is -2.07. The molecule has 4 nitrogen and oxygen atoms in total. The van der Waals surface area contributed by atoms with E-state index in [1.54, 1.807) is 12.1 Å². The Morgan fingerprint density at radius 1 is 1.22 bits per heavy atom. The van der Waals surface area contributed by atoms with Gasteiger partial charge in [-0.15, -0.1) is 0 Å². The molecule has 0 radical (unpaired) electrons. The fourth-order valence-electron chi connectivity index (χ4n) is 1.49. The van der Waals surface area contributed by atoms with Gasteiger partial charge in [0.1, 0.15) is 0 Å². The fraction of sp³-hybridized carbons (Fsp3) is 0.286. The lowest BCUT2D eigenvalue weighted by molar-refractivity contribution is -0.131. The number of hydrogen-bond acceptors (Lipinski definition) is 2. The Labute approximate surface area is 106 Å². The van der Waals surface area contributed by atoms with Gasteiger partial charge in [-0.25, -0.2) is 4.79 Å². The molecule has 0 bridgehead atoms. The molecular formula is C14H17NO3. The smallest absolute Gasteiger partial charge is 0.330 e. The zero-order chi connectivity index (χ0) is 13.7. The lowest BCUT2D eigenvalue weighted by Crippen LogP contribution is -2.22. The van der Waals surface area contributed by atoms with Gasteiger partial charge in [0.2, 0.25) is 0 Å². The zero-order valence-electron chi connectivity index (χ0n) is 10.7. The van der Waals surface area contributed by atoms with E-state index in [4.69, 9.17) is 5.11 Å². The van der Waals surface area contributed by atoms with Gasteiger partial charge in [0.25, 0.3) is 5.91 Å². The van der Waals surface area contributed by atoms with Gasteiger partial charge in [0.15, 0.2) is 0 Å². The minimum atomic E-state index is -1.08. The van der Waals surface area contributed by atoms with Gasteiger partial charge >= 0.3 is 5.97 Å². The molecule has 0 aliphatic rings. The maximum atomic E-state index is 11.8. The van der Waals surface area contributed by atoms with Crippen molar-refractivity contribution in [3.05, 3.63) is 47.2 Å². The molecule has 0 fully saturated rings. The molecule has 0 saturated carbocycles. The zero-order valence-corrected chi connectivity index (χ0v) is 10.7. The highest BCUT2D eigenvalue weighted by molar-refractivity contribution is 5.96. The third kappa shape index (κ3) is 4.05. The molecule has 0 unspecified atom stereocenters. The molecule has 1 rings (SSSR count). The molecule has 2 N–H and O–H groups in total. The highest BCUT2D eigenvalue weighted by atomic mass is 16.4. The summed E-state index contributed by atoms with van der Waals surface area (Å²) < 4.78 is 0. The Kier molecular flexibility index (Phi) is 4.66. The van der Waals surface area contributed by atoms with E-state index in [0.717, 1.165) is 11.6 Å². The summed E-state index contributed by atoms with van der Waals surface area (Å²) in [4.78, 5) is 22.2. The number of allylic oxidation sites excluding steroid dienone is 1. The topological polar surface area (TPSA) is 66.4 Å². The minimum Gasteiger partial charge on any atom is -0.478 e. The van der Waals surface area contributed by atoms with Crippen molar-refractivity contribution in [1.29, 1.82) is 0 Å². The van der Waals surface area contributed by atoms with Crippen LogP contribution < -0.4 is 5.32 Å². The summed E-state index contributed by atoms with van der Waals surface area (Å²) in [6.07, 6.45) is 0.959. The molecule has 0 aliphatic heterocycles. The number of carbonyl (C=O) groups excluding carboxylic acids is 1. The van der Waals surface area contributed by atoms with Crippen molar-refractivity contribution in [3.8, 4) is 0 Å². The predicted octanol–water partition coefficient (Wildman–Crippen LogP) is 2.53. The van der Waals surface area contributed by atoms with Crippen molar-refractivity contribution in [3.63, 3.8) is 0 Å². The van der Waals surface area contributed by atoms with Gasteiger partial charge in [0, 0.05) is 17.3 Å². The molecule has 18 heavy (non-hydrogen) atoms. The van der Waals surface area contributed by atoms with Crippen molar-refractivity contribution < 1.29 is 14.7 Å². The summed E-state index contributed by atoms with van der Waals surface area (Å²) in [7, 11) is 0. The average Bonchev–Trinajstić information content (AvgIpc) is 2.27. The Bertz CT molecular complexity index is 472. The summed E-state index contributed by atoms with van der Waals surface area (Å²) >= 11 is 0. The van der Waals surface area contributed by atoms with Gasteiger partial charge in [-0.1, -0.05) is 26.0 Å². The molecule has 0 spiro atoms. The number of rotatable bonds is 4. The first-order chi connectivity index (χ1) is 8.40. The second-order valence-electron chi connectivity index (χ2n) is 4.40. The molecule has 96 valence electrons. The van der Waals surface area contributed by atoms with Crippen molar-refractivity contribution in [2.45, 2.75) is 26.7 Å². The molecule has 1 aromatic rings. The van der Waals surface area contributed by atoms with Crippen LogP contribution in [0.1, 0.15) is 42.6 Å². The van der Waals surface area contributed by atoms with Crippen LogP contribution in [0.5, 0.6) is 0 Å². The summed E-state index contributed by atoms with van der Waals surface area (Å²) in [6, 6.07) is 7.27. The third-order valence-electron chi connectivity index (χ3n) is 2.49. The molecule has 0 saturated heterocycles. The molecule has 4 heteroatoms. The second-order valence-corrected chi connectivity index (χ2v) is 4.40. The Morgan fingerprint density at radius 3 is 2.22 bits per heavy atom. The first-order valence-electron chi connectivity index (χ1n) is 5.72. The van der Waals surface area contributed by atoms with E-state index >= 15 is 0 Å². The number of carboxylic acids is 1. The lowest BCUT2D eigenvalue weighted by atomic mass is 10.0. The molecule has 0 heterocycles. The van der Waals surface area contributed by atoms with E-state index in [0.29, 0.717) is 17.2 Å². The second kappa shape index (κ2) is 6.00. The number of hydrogen-bond donors (Lipinski definition) is 2. The summed E-state index contributed by atoms with van der Waals surface area (Å²) in [5, 5.41) is 11.1. The van der Waals surface area contributed by atoms with Crippen molar-refractivity contribution in [2.75, 3.05) is 0 Å². The van der Waals surface area contributed by atoms with E-state index in [2.05, 4.69) is 19.2 Å².